The van der Waals surface area contributed by atoms with Gasteiger partial charge in [-0.1, -0.05) is 43.3 Å². The quantitative estimate of drug-likeness (QED) is 0.332. The van der Waals surface area contributed by atoms with E-state index >= 15 is 0 Å². The number of nitrogens with two attached hydrogens (primary N) is 1. The number of aliphatic hydroxyl groups is 1. The van der Waals surface area contributed by atoms with Crippen molar-refractivity contribution in [2.45, 2.75) is 36.9 Å². The lowest BCUT2D eigenvalue weighted by Gasteiger charge is -2.41. The Morgan fingerprint density at radius 2 is 1.73 bits per heavy atom. The number of benzene rings is 3. The Morgan fingerprint density at radius 3 is 2.36 bits per heavy atom. The van der Waals surface area contributed by atoms with Crippen molar-refractivity contribution in [2.24, 2.45) is 5.92 Å². The summed E-state index contributed by atoms with van der Waals surface area (Å²) in [6, 6.07) is 22.2. The third-order valence-electron chi connectivity index (χ3n) is 5.82. The third kappa shape index (κ3) is 5.57. The van der Waals surface area contributed by atoms with E-state index in [0.29, 0.717) is 11.4 Å². The van der Waals surface area contributed by atoms with E-state index < -0.39 is 12.3 Å². The predicted octanol–water partition coefficient (Wildman–Crippen LogP) is 5.04. The van der Waals surface area contributed by atoms with Crippen LogP contribution in [0.4, 0.5) is 5.69 Å². The van der Waals surface area contributed by atoms with Gasteiger partial charge in [-0.3, -0.25) is 0 Å². The SMILES string of the molecule is CC1C(CSc2ccc(C(=O)O)cc2)OC(c2cccc(N)c2)OC1c1ccc(CO)cc1. The van der Waals surface area contributed by atoms with Gasteiger partial charge in [-0.25, -0.2) is 4.79 Å². The number of carboxylic acid groups (broad SMARTS) is 1. The lowest BCUT2D eigenvalue weighted by atomic mass is 9.91. The van der Waals surface area contributed by atoms with E-state index in [1.807, 2.05) is 60.7 Å². The zero-order valence-electron chi connectivity index (χ0n) is 18.3. The topological polar surface area (TPSA) is 102 Å². The molecule has 0 bridgehead atoms. The first kappa shape index (κ1) is 23.3. The van der Waals surface area contributed by atoms with Crippen LogP contribution in [0.2, 0.25) is 0 Å². The van der Waals surface area contributed by atoms with Crippen LogP contribution in [0.1, 0.15) is 46.4 Å². The minimum atomic E-state index is -0.937. The van der Waals surface area contributed by atoms with Crippen molar-refractivity contribution in [1.29, 1.82) is 0 Å². The van der Waals surface area contributed by atoms with E-state index in [2.05, 4.69) is 6.92 Å². The van der Waals surface area contributed by atoms with E-state index in [1.54, 1.807) is 23.9 Å². The molecule has 0 amide bonds. The number of rotatable bonds is 7. The Morgan fingerprint density at radius 1 is 1.00 bits per heavy atom. The second kappa shape index (κ2) is 10.4. The number of aromatic carboxylic acids is 1. The highest BCUT2D eigenvalue weighted by Gasteiger charge is 2.38. The molecule has 1 aliphatic rings. The largest absolute Gasteiger partial charge is 0.478 e. The number of ether oxygens (including phenoxy) is 2. The van der Waals surface area contributed by atoms with Gasteiger partial charge in [-0.2, -0.15) is 0 Å². The number of thioether (sulfide) groups is 1. The fraction of sp³-hybridized carbons (Fsp3) is 0.269. The molecule has 0 aromatic heterocycles. The minimum absolute atomic E-state index is 0.00365. The van der Waals surface area contributed by atoms with Gasteiger partial charge in [0.25, 0.3) is 0 Å². The summed E-state index contributed by atoms with van der Waals surface area (Å²) >= 11 is 1.62. The lowest BCUT2D eigenvalue weighted by Crippen LogP contribution is -2.38. The van der Waals surface area contributed by atoms with Crippen LogP contribution in [0.25, 0.3) is 0 Å². The van der Waals surface area contributed by atoms with E-state index in [0.717, 1.165) is 21.6 Å². The van der Waals surface area contributed by atoms with Gasteiger partial charge in [0.2, 0.25) is 0 Å². The second-order valence-electron chi connectivity index (χ2n) is 8.13. The first-order chi connectivity index (χ1) is 15.9. The molecule has 1 aliphatic heterocycles. The Bertz CT molecular complexity index is 1090. The summed E-state index contributed by atoms with van der Waals surface area (Å²) in [6.07, 6.45) is -0.873. The zero-order valence-corrected chi connectivity index (χ0v) is 19.1. The Labute approximate surface area is 197 Å². The van der Waals surface area contributed by atoms with Crippen molar-refractivity contribution in [3.05, 3.63) is 95.1 Å². The van der Waals surface area contributed by atoms with Crippen LogP contribution < -0.4 is 5.73 Å². The van der Waals surface area contributed by atoms with Crippen molar-refractivity contribution in [3.8, 4) is 0 Å². The van der Waals surface area contributed by atoms with Crippen LogP contribution >= 0.6 is 11.8 Å². The molecular formula is C26H27NO5S. The Balaban J connectivity index is 1.56. The number of hydrogen-bond acceptors (Lipinski definition) is 6. The number of carboxylic acids is 1. The molecule has 4 unspecified atom stereocenters. The van der Waals surface area contributed by atoms with Crippen molar-refractivity contribution in [1.82, 2.24) is 0 Å². The second-order valence-corrected chi connectivity index (χ2v) is 9.23. The lowest BCUT2D eigenvalue weighted by molar-refractivity contribution is -0.268. The summed E-state index contributed by atoms with van der Waals surface area (Å²) in [6.45, 7) is 2.11. The molecule has 7 heteroatoms. The average Bonchev–Trinajstić information content (AvgIpc) is 2.83. The number of anilines is 1. The van der Waals surface area contributed by atoms with Crippen molar-refractivity contribution in [2.75, 3.05) is 11.5 Å². The molecule has 3 aromatic rings. The summed E-state index contributed by atoms with van der Waals surface area (Å²) < 4.78 is 12.8. The maximum absolute atomic E-state index is 11.1. The summed E-state index contributed by atoms with van der Waals surface area (Å²) in [5.74, 6) is -0.192. The molecule has 1 saturated heterocycles. The van der Waals surface area contributed by atoms with Crippen LogP contribution in [-0.4, -0.2) is 28.0 Å². The van der Waals surface area contributed by atoms with Gasteiger partial charge in [0.05, 0.1) is 24.4 Å². The van der Waals surface area contributed by atoms with Crippen LogP contribution in [0.15, 0.2) is 77.7 Å². The molecular weight excluding hydrogens is 438 g/mol. The highest BCUT2D eigenvalue weighted by Crippen LogP contribution is 2.43. The van der Waals surface area contributed by atoms with Crippen molar-refractivity contribution in [3.63, 3.8) is 0 Å². The number of hydrogen-bond donors (Lipinski definition) is 3. The number of aliphatic hydroxyl groups excluding tert-OH is 1. The van der Waals surface area contributed by atoms with Crippen molar-refractivity contribution >= 4 is 23.4 Å². The maximum atomic E-state index is 11.1. The monoisotopic (exact) mass is 465 g/mol. The van der Waals surface area contributed by atoms with Gasteiger partial charge < -0.3 is 25.4 Å². The molecule has 3 aromatic carbocycles. The number of carbonyl (C=O) groups is 1. The molecule has 4 N–H and O–H groups in total. The Kier molecular flexibility index (Phi) is 7.35. The molecule has 33 heavy (non-hydrogen) atoms. The van der Waals surface area contributed by atoms with Crippen molar-refractivity contribution < 1.29 is 24.5 Å². The molecule has 6 nitrogen and oxygen atoms in total. The summed E-state index contributed by atoms with van der Waals surface area (Å²) in [5.41, 5.74) is 9.64. The molecule has 0 aliphatic carbocycles. The maximum Gasteiger partial charge on any atom is 0.335 e. The zero-order chi connectivity index (χ0) is 23.4. The van der Waals surface area contributed by atoms with Gasteiger partial charge >= 0.3 is 5.97 Å². The molecule has 172 valence electrons. The summed E-state index contributed by atoms with van der Waals surface area (Å²) in [7, 11) is 0. The average molecular weight is 466 g/mol. The first-order valence-corrected chi connectivity index (χ1v) is 11.8. The van der Waals surface area contributed by atoms with E-state index in [-0.39, 0.29) is 30.3 Å². The predicted molar refractivity (Wildman–Crippen MR) is 128 cm³/mol. The van der Waals surface area contributed by atoms with E-state index in [1.165, 1.54) is 0 Å². The van der Waals surface area contributed by atoms with E-state index in [9.17, 15) is 9.90 Å². The molecule has 4 atom stereocenters. The minimum Gasteiger partial charge on any atom is -0.478 e. The van der Waals surface area contributed by atoms with Gasteiger partial charge in [-0.05, 0) is 47.5 Å². The smallest absolute Gasteiger partial charge is 0.335 e. The molecule has 0 saturated carbocycles. The molecule has 0 spiro atoms. The van der Waals surface area contributed by atoms with Gasteiger partial charge in [0, 0.05) is 27.8 Å². The van der Waals surface area contributed by atoms with Gasteiger partial charge in [0.1, 0.15) is 0 Å². The fourth-order valence-corrected chi connectivity index (χ4v) is 4.95. The first-order valence-electron chi connectivity index (χ1n) is 10.8. The molecule has 1 fully saturated rings. The Hall–Kier alpha value is -2.84. The standard InChI is InChI=1S/C26H27NO5S/c1-16-23(15-33-22-11-9-19(10-12-22)25(29)30)31-26(20-3-2-4-21(27)13-20)32-24(16)18-7-5-17(14-28)6-8-18/h2-13,16,23-24,26,28H,14-15,27H2,1H3,(H,29,30). The molecule has 0 radical (unpaired) electrons. The van der Waals surface area contributed by atoms with Crippen LogP contribution in [0, 0.1) is 5.92 Å². The third-order valence-corrected chi connectivity index (χ3v) is 6.92. The molecule has 1 heterocycles. The normalized spacial score (nSPS) is 22.7. The highest BCUT2D eigenvalue weighted by atomic mass is 32.2. The van der Waals surface area contributed by atoms with Crippen LogP contribution in [-0.2, 0) is 16.1 Å². The summed E-state index contributed by atoms with van der Waals surface area (Å²) in [4.78, 5) is 12.1. The number of nitrogen functional groups attached to an aromatic ring is 1. The van der Waals surface area contributed by atoms with Crippen LogP contribution in [0.3, 0.4) is 0 Å². The van der Waals surface area contributed by atoms with E-state index in [4.69, 9.17) is 20.3 Å². The van der Waals surface area contributed by atoms with Gasteiger partial charge in [0.15, 0.2) is 6.29 Å². The molecule has 4 rings (SSSR count). The van der Waals surface area contributed by atoms with Crippen LogP contribution in [0.5, 0.6) is 0 Å². The fourth-order valence-electron chi connectivity index (χ4n) is 3.89. The van der Waals surface area contributed by atoms with Gasteiger partial charge in [-0.15, -0.1) is 11.8 Å². The highest BCUT2D eigenvalue weighted by molar-refractivity contribution is 7.99. The summed E-state index contributed by atoms with van der Waals surface area (Å²) in [5, 5.41) is 18.5.